The first-order valence-corrected chi connectivity index (χ1v) is 9.90. The summed E-state index contributed by atoms with van der Waals surface area (Å²) in [6.45, 7) is 7.59. The smallest absolute Gasteiger partial charge is 0.134 e. The first-order chi connectivity index (χ1) is 13.7. The second kappa shape index (κ2) is 8.19. The third-order valence-electron chi connectivity index (χ3n) is 5.71. The Hall–Kier alpha value is -2.60. The Morgan fingerprint density at radius 3 is 2.68 bits per heavy atom. The van der Waals surface area contributed by atoms with Crippen molar-refractivity contribution in [3.05, 3.63) is 59.8 Å². The Morgan fingerprint density at radius 1 is 1.18 bits per heavy atom. The SMILES string of the molecule is CCN1CCN(c2ccc(C3CC(c4c(F)cccc4OC)=CN3)nc2)CC1. The highest BCUT2D eigenvalue weighted by Gasteiger charge is 2.25. The normalized spacial score (nSPS) is 20.0. The zero-order chi connectivity index (χ0) is 19.5. The van der Waals surface area contributed by atoms with Gasteiger partial charge in [-0.3, -0.25) is 4.98 Å². The molecule has 1 aromatic heterocycles. The number of piperazine rings is 1. The van der Waals surface area contributed by atoms with Crippen molar-refractivity contribution in [2.45, 2.75) is 19.4 Å². The van der Waals surface area contributed by atoms with Crippen molar-refractivity contribution >= 4 is 11.3 Å². The lowest BCUT2D eigenvalue weighted by Crippen LogP contribution is -2.46. The molecule has 4 rings (SSSR count). The lowest BCUT2D eigenvalue weighted by atomic mass is 9.99. The summed E-state index contributed by atoms with van der Waals surface area (Å²) >= 11 is 0. The molecule has 1 N–H and O–H groups in total. The Bertz CT molecular complexity index is 844. The Kier molecular flexibility index (Phi) is 5.48. The molecule has 1 fully saturated rings. The molecular formula is C22H27FN4O. The first-order valence-electron chi connectivity index (χ1n) is 9.90. The summed E-state index contributed by atoms with van der Waals surface area (Å²) in [4.78, 5) is 9.54. The molecule has 1 atom stereocenters. The fourth-order valence-electron chi connectivity index (χ4n) is 4.00. The fourth-order valence-corrected chi connectivity index (χ4v) is 4.00. The highest BCUT2D eigenvalue weighted by atomic mass is 19.1. The first kappa shape index (κ1) is 18.7. The van der Waals surface area contributed by atoms with E-state index in [0.717, 1.165) is 44.0 Å². The van der Waals surface area contributed by atoms with Crippen molar-refractivity contribution in [3.63, 3.8) is 0 Å². The number of nitrogens with one attached hydrogen (secondary N) is 1. The van der Waals surface area contributed by atoms with Gasteiger partial charge in [-0.05, 0) is 36.4 Å². The average molecular weight is 382 g/mol. The van der Waals surface area contributed by atoms with Crippen LogP contribution in [-0.2, 0) is 0 Å². The minimum Gasteiger partial charge on any atom is -0.496 e. The summed E-state index contributed by atoms with van der Waals surface area (Å²) in [5.41, 5.74) is 3.57. The number of rotatable bonds is 5. The van der Waals surface area contributed by atoms with Gasteiger partial charge in [0.1, 0.15) is 11.6 Å². The van der Waals surface area contributed by atoms with Gasteiger partial charge in [0.05, 0.1) is 36.3 Å². The van der Waals surface area contributed by atoms with Crippen molar-refractivity contribution < 1.29 is 9.13 Å². The Balaban J connectivity index is 1.43. The van der Waals surface area contributed by atoms with Crippen LogP contribution in [0.1, 0.15) is 30.6 Å². The molecule has 2 aromatic rings. The van der Waals surface area contributed by atoms with E-state index in [1.165, 1.54) is 11.8 Å². The van der Waals surface area contributed by atoms with Crippen LogP contribution in [0.25, 0.3) is 5.57 Å². The van der Waals surface area contributed by atoms with Gasteiger partial charge in [-0.25, -0.2) is 4.39 Å². The molecule has 3 heterocycles. The van der Waals surface area contributed by atoms with Crippen molar-refractivity contribution in [2.75, 3.05) is 44.7 Å². The van der Waals surface area contributed by atoms with Crippen LogP contribution in [-0.4, -0.2) is 49.7 Å². The number of benzene rings is 1. The molecule has 1 aromatic carbocycles. The van der Waals surface area contributed by atoms with Crippen LogP contribution in [0.2, 0.25) is 0 Å². The van der Waals surface area contributed by atoms with E-state index >= 15 is 0 Å². The van der Waals surface area contributed by atoms with Crippen molar-refractivity contribution in [3.8, 4) is 5.75 Å². The van der Waals surface area contributed by atoms with Gasteiger partial charge in [0.15, 0.2) is 0 Å². The van der Waals surface area contributed by atoms with E-state index in [9.17, 15) is 4.39 Å². The second-order valence-corrected chi connectivity index (χ2v) is 7.27. The average Bonchev–Trinajstić information content (AvgIpc) is 3.23. The van der Waals surface area contributed by atoms with E-state index in [0.29, 0.717) is 17.7 Å². The zero-order valence-corrected chi connectivity index (χ0v) is 16.5. The van der Waals surface area contributed by atoms with E-state index in [1.807, 2.05) is 12.4 Å². The Morgan fingerprint density at radius 2 is 2.00 bits per heavy atom. The van der Waals surface area contributed by atoms with Crippen LogP contribution in [0.4, 0.5) is 10.1 Å². The second-order valence-electron chi connectivity index (χ2n) is 7.27. The third-order valence-corrected chi connectivity index (χ3v) is 5.71. The topological polar surface area (TPSA) is 40.6 Å². The van der Waals surface area contributed by atoms with Crippen LogP contribution < -0.4 is 15.0 Å². The highest BCUT2D eigenvalue weighted by molar-refractivity contribution is 5.73. The van der Waals surface area contributed by atoms with Crippen LogP contribution in [0.5, 0.6) is 5.75 Å². The maximum absolute atomic E-state index is 14.4. The monoisotopic (exact) mass is 382 g/mol. The van der Waals surface area contributed by atoms with Crippen LogP contribution in [0.3, 0.4) is 0 Å². The molecule has 148 valence electrons. The molecule has 0 radical (unpaired) electrons. The molecular weight excluding hydrogens is 355 g/mol. The summed E-state index contributed by atoms with van der Waals surface area (Å²) in [6, 6.07) is 9.20. The largest absolute Gasteiger partial charge is 0.496 e. The summed E-state index contributed by atoms with van der Waals surface area (Å²) in [5.74, 6) is 0.297. The lowest BCUT2D eigenvalue weighted by Gasteiger charge is -2.35. The molecule has 0 aliphatic carbocycles. The number of pyridine rings is 1. The zero-order valence-electron chi connectivity index (χ0n) is 16.5. The molecule has 0 amide bonds. The number of aromatic nitrogens is 1. The summed E-state index contributed by atoms with van der Waals surface area (Å²) in [7, 11) is 1.57. The molecule has 28 heavy (non-hydrogen) atoms. The molecule has 1 saturated heterocycles. The van der Waals surface area contributed by atoms with Crippen molar-refractivity contribution in [1.82, 2.24) is 15.2 Å². The summed E-state index contributed by atoms with van der Waals surface area (Å²) < 4.78 is 19.7. The molecule has 0 spiro atoms. The maximum atomic E-state index is 14.4. The maximum Gasteiger partial charge on any atom is 0.134 e. The number of ether oxygens (including phenoxy) is 1. The molecule has 6 heteroatoms. The number of halogens is 1. The molecule has 2 aliphatic rings. The predicted octanol–water partition coefficient (Wildman–Crippen LogP) is 3.45. The third kappa shape index (κ3) is 3.69. The van der Waals surface area contributed by atoms with E-state index in [1.54, 1.807) is 19.2 Å². The Labute approximate surface area is 165 Å². The number of nitrogens with zero attached hydrogens (tertiary/aromatic N) is 3. The minimum atomic E-state index is -0.262. The molecule has 0 saturated carbocycles. The van der Waals surface area contributed by atoms with Crippen molar-refractivity contribution in [2.24, 2.45) is 0 Å². The van der Waals surface area contributed by atoms with Crippen LogP contribution in [0, 0.1) is 5.82 Å². The van der Waals surface area contributed by atoms with Gasteiger partial charge in [0, 0.05) is 38.8 Å². The van der Waals surface area contributed by atoms with Gasteiger partial charge in [-0.1, -0.05) is 13.0 Å². The standard InChI is InChI=1S/C22H27FN4O/c1-3-26-9-11-27(12-10-26)17-7-8-19(25-15-17)20-13-16(14-24-20)22-18(23)5-4-6-21(22)28-2/h4-8,14-15,20,24H,3,9-13H2,1-2H3. The van der Waals surface area contributed by atoms with E-state index < -0.39 is 0 Å². The quantitative estimate of drug-likeness (QED) is 0.858. The van der Waals surface area contributed by atoms with E-state index in [4.69, 9.17) is 9.72 Å². The molecule has 0 bridgehead atoms. The van der Waals surface area contributed by atoms with E-state index in [2.05, 4.69) is 34.2 Å². The molecule has 1 unspecified atom stereocenters. The van der Waals surface area contributed by atoms with Gasteiger partial charge in [-0.2, -0.15) is 0 Å². The van der Waals surface area contributed by atoms with Gasteiger partial charge in [-0.15, -0.1) is 0 Å². The lowest BCUT2D eigenvalue weighted by molar-refractivity contribution is 0.271. The van der Waals surface area contributed by atoms with Gasteiger partial charge in [0.2, 0.25) is 0 Å². The van der Waals surface area contributed by atoms with Gasteiger partial charge in [0.25, 0.3) is 0 Å². The minimum absolute atomic E-state index is 0.0466. The van der Waals surface area contributed by atoms with E-state index in [-0.39, 0.29) is 11.9 Å². The number of likely N-dealkylation sites (N-methyl/N-ethyl adjacent to an activating group) is 1. The summed E-state index contributed by atoms with van der Waals surface area (Å²) in [5, 5.41) is 3.35. The van der Waals surface area contributed by atoms with Crippen LogP contribution in [0.15, 0.2) is 42.7 Å². The highest BCUT2D eigenvalue weighted by Crippen LogP contribution is 2.37. The molecule has 2 aliphatic heterocycles. The number of methoxy groups -OCH3 is 1. The van der Waals surface area contributed by atoms with Crippen LogP contribution >= 0.6 is 0 Å². The number of hydrogen-bond acceptors (Lipinski definition) is 5. The van der Waals surface area contributed by atoms with Gasteiger partial charge >= 0.3 is 0 Å². The fraction of sp³-hybridized carbons (Fsp3) is 0.409. The number of hydrogen-bond donors (Lipinski definition) is 1. The van der Waals surface area contributed by atoms with Crippen molar-refractivity contribution in [1.29, 1.82) is 0 Å². The van der Waals surface area contributed by atoms with Gasteiger partial charge < -0.3 is 19.9 Å². The molecule has 5 nitrogen and oxygen atoms in total. The number of anilines is 1. The predicted molar refractivity (Wildman–Crippen MR) is 110 cm³/mol. The summed E-state index contributed by atoms with van der Waals surface area (Å²) in [6.07, 6.45) is 4.52.